The lowest BCUT2D eigenvalue weighted by Crippen LogP contribution is -2.52. The highest BCUT2D eigenvalue weighted by atomic mass is 79.9. The third-order valence-corrected chi connectivity index (χ3v) is 6.39. The monoisotopic (exact) mass is 552 g/mol. The summed E-state index contributed by atoms with van der Waals surface area (Å²) in [5.41, 5.74) is -0.699. The Morgan fingerprint density at radius 3 is 2.03 bits per heavy atom. The second-order valence-corrected chi connectivity index (χ2v) is 16.0. The molecule has 0 saturated heterocycles. The fraction of sp³-hybridized carbons (Fsp3) is 0.762. The molecule has 0 heterocycles. The van der Waals surface area contributed by atoms with Crippen molar-refractivity contribution in [1.82, 2.24) is 10.6 Å². The number of hydrogen-bond acceptors (Lipinski definition) is 7. The molecular weight excluding hydrogens is 516 g/mol. The van der Waals surface area contributed by atoms with E-state index in [4.69, 9.17) is 14.6 Å². The second-order valence-electron chi connectivity index (χ2n) is 9.85. The van der Waals surface area contributed by atoms with Crippen molar-refractivity contribution >= 4 is 53.7 Å². The normalized spacial score (nSPS) is 13.4. The minimum absolute atomic E-state index is 0.0597. The fourth-order valence-electron chi connectivity index (χ4n) is 2.50. The van der Waals surface area contributed by atoms with Gasteiger partial charge in [-0.25, -0.2) is 4.79 Å². The minimum Gasteiger partial charge on any atom is -0.481 e. The van der Waals surface area contributed by atoms with Gasteiger partial charge in [0.25, 0.3) is 0 Å². The molecule has 2 amide bonds. The number of esters is 2. The number of rotatable bonds is 14. The molecule has 3 N–H and O–H groups in total. The number of carboxylic acid groups (broad SMARTS) is 1. The Labute approximate surface area is 204 Å². The first kappa shape index (κ1) is 31.0. The van der Waals surface area contributed by atoms with Gasteiger partial charge in [0.2, 0.25) is 11.8 Å². The second kappa shape index (κ2) is 14.3. The minimum atomic E-state index is -1.46. The third kappa shape index (κ3) is 16.3. The lowest BCUT2D eigenvalue weighted by atomic mass is 10.1. The van der Waals surface area contributed by atoms with E-state index in [2.05, 4.69) is 46.2 Å². The van der Waals surface area contributed by atoms with Crippen LogP contribution in [0.3, 0.4) is 0 Å². The van der Waals surface area contributed by atoms with Gasteiger partial charge in [0.15, 0.2) is 0 Å². The molecule has 190 valence electrons. The van der Waals surface area contributed by atoms with Crippen LogP contribution in [0.15, 0.2) is 0 Å². The Bertz CT molecular complexity index is 703. The molecule has 0 aromatic carbocycles. The molecule has 0 fully saturated rings. The van der Waals surface area contributed by atoms with Crippen molar-refractivity contribution in [2.75, 3.05) is 11.9 Å². The Balaban J connectivity index is 5.28. The number of alkyl halides is 1. The van der Waals surface area contributed by atoms with Gasteiger partial charge in [0.05, 0.1) is 11.9 Å². The van der Waals surface area contributed by atoms with Gasteiger partial charge in [-0.1, -0.05) is 35.6 Å². The van der Waals surface area contributed by atoms with E-state index in [0.717, 1.165) is 6.04 Å². The maximum atomic E-state index is 12.8. The van der Waals surface area contributed by atoms with E-state index in [9.17, 15) is 24.0 Å². The first-order valence-electron chi connectivity index (χ1n) is 10.8. The van der Waals surface area contributed by atoms with Crippen molar-refractivity contribution in [3.05, 3.63) is 0 Å². The molecule has 0 spiro atoms. The van der Waals surface area contributed by atoms with Crippen LogP contribution in [-0.2, 0) is 33.4 Å². The Hall–Kier alpha value is -1.95. The number of ether oxygens (including phenoxy) is 2. The fourth-order valence-corrected chi connectivity index (χ4v) is 3.38. The average molecular weight is 554 g/mol. The van der Waals surface area contributed by atoms with Crippen LogP contribution in [0, 0.1) is 0 Å². The zero-order valence-electron chi connectivity index (χ0n) is 20.3. The molecule has 0 bridgehead atoms. The Kier molecular flexibility index (Phi) is 13.5. The van der Waals surface area contributed by atoms with Crippen molar-refractivity contribution in [2.24, 2.45) is 0 Å². The van der Waals surface area contributed by atoms with Gasteiger partial charge in [-0.3, -0.25) is 19.2 Å². The summed E-state index contributed by atoms with van der Waals surface area (Å²) < 4.78 is 10.5. The van der Waals surface area contributed by atoms with E-state index in [1.807, 2.05) is 0 Å². The summed E-state index contributed by atoms with van der Waals surface area (Å²) in [7, 11) is -1.46. The predicted molar refractivity (Wildman–Crippen MR) is 129 cm³/mol. The number of nitrogens with one attached hydrogen (secondary N) is 2. The van der Waals surface area contributed by atoms with Crippen LogP contribution in [0.2, 0.25) is 25.7 Å². The predicted octanol–water partition coefficient (Wildman–Crippen LogP) is 2.22. The van der Waals surface area contributed by atoms with E-state index >= 15 is 0 Å². The summed E-state index contributed by atoms with van der Waals surface area (Å²) in [5.74, 6) is -3.61. The van der Waals surface area contributed by atoms with Crippen LogP contribution in [0.1, 0.15) is 46.5 Å². The molecular formula is C21H37BrN2O8Si. The number of halogens is 1. The van der Waals surface area contributed by atoms with Crippen molar-refractivity contribution in [3.63, 3.8) is 0 Å². The van der Waals surface area contributed by atoms with E-state index < -0.39 is 55.5 Å². The zero-order chi connectivity index (χ0) is 25.8. The molecule has 0 aliphatic heterocycles. The summed E-state index contributed by atoms with van der Waals surface area (Å²) in [6, 6.07) is -1.59. The molecule has 0 radical (unpaired) electrons. The molecule has 0 aromatic heterocycles. The van der Waals surface area contributed by atoms with E-state index in [0.29, 0.717) is 0 Å². The quantitative estimate of drug-likeness (QED) is 0.169. The van der Waals surface area contributed by atoms with Gasteiger partial charge in [0.1, 0.15) is 17.7 Å². The summed E-state index contributed by atoms with van der Waals surface area (Å²) in [4.78, 5) is 60.2. The molecule has 0 rings (SSSR count). The number of carbonyl (C=O) groups excluding carboxylic acids is 4. The van der Waals surface area contributed by atoms with Crippen molar-refractivity contribution in [3.8, 4) is 0 Å². The maximum Gasteiger partial charge on any atom is 0.328 e. The van der Waals surface area contributed by atoms with E-state index in [1.165, 1.54) is 0 Å². The van der Waals surface area contributed by atoms with Gasteiger partial charge in [-0.05, 0) is 39.7 Å². The van der Waals surface area contributed by atoms with Gasteiger partial charge in [0, 0.05) is 20.9 Å². The molecule has 0 saturated carbocycles. The van der Waals surface area contributed by atoms with Gasteiger partial charge in [-0.2, -0.15) is 0 Å². The standard InChI is InChI=1S/C21H37BrN2O8Si/c1-21(2,3)32-18(28)10-8-14(23-16(25)13-22)19(29)24-15(7-9-17(26)27)20(30)31-11-12-33(4,5)6/h14-15H,7-13H2,1-6H3,(H,23,25)(H,24,29)(H,26,27)/t14-,15-/m0/s1. The highest BCUT2D eigenvalue weighted by Crippen LogP contribution is 2.12. The topological polar surface area (TPSA) is 148 Å². The van der Waals surface area contributed by atoms with Crippen LogP contribution in [0.25, 0.3) is 0 Å². The molecule has 33 heavy (non-hydrogen) atoms. The lowest BCUT2D eigenvalue weighted by Gasteiger charge is -2.24. The number of carbonyl (C=O) groups is 5. The first-order chi connectivity index (χ1) is 15.0. The summed E-state index contributed by atoms with van der Waals surface area (Å²) >= 11 is 3.00. The third-order valence-electron chi connectivity index (χ3n) is 4.17. The van der Waals surface area contributed by atoms with Crippen LogP contribution in [-0.4, -0.2) is 72.5 Å². The van der Waals surface area contributed by atoms with Crippen LogP contribution < -0.4 is 10.6 Å². The van der Waals surface area contributed by atoms with Crippen LogP contribution in [0.5, 0.6) is 0 Å². The largest absolute Gasteiger partial charge is 0.481 e. The van der Waals surface area contributed by atoms with Gasteiger partial charge < -0.3 is 25.2 Å². The van der Waals surface area contributed by atoms with E-state index in [1.54, 1.807) is 20.8 Å². The summed E-state index contributed by atoms with van der Waals surface area (Å²) in [6.45, 7) is 11.7. The number of carboxylic acids is 1. The highest BCUT2D eigenvalue weighted by Gasteiger charge is 2.29. The SMILES string of the molecule is CC(C)(C)OC(=O)CC[C@H](NC(=O)CBr)C(=O)N[C@@H](CCC(=O)O)C(=O)OCC[Si](C)(C)C. The zero-order valence-corrected chi connectivity index (χ0v) is 22.9. The summed E-state index contributed by atoms with van der Waals surface area (Å²) in [6.07, 6.45) is -0.726. The van der Waals surface area contributed by atoms with Crippen LogP contribution >= 0.6 is 15.9 Å². The maximum absolute atomic E-state index is 12.8. The van der Waals surface area contributed by atoms with Crippen LogP contribution in [0.4, 0.5) is 0 Å². The smallest absolute Gasteiger partial charge is 0.328 e. The molecule has 0 aliphatic carbocycles. The van der Waals surface area contributed by atoms with Crippen molar-refractivity contribution in [2.45, 2.75) is 89.8 Å². The molecule has 10 nitrogen and oxygen atoms in total. The molecule has 2 atom stereocenters. The average Bonchev–Trinajstić information content (AvgIpc) is 2.65. The summed E-state index contributed by atoms with van der Waals surface area (Å²) in [5, 5.41) is 13.9. The molecule has 0 aromatic rings. The van der Waals surface area contributed by atoms with Gasteiger partial charge in [-0.15, -0.1) is 0 Å². The van der Waals surface area contributed by atoms with Gasteiger partial charge >= 0.3 is 17.9 Å². The molecule has 12 heteroatoms. The molecule has 0 unspecified atom stereocenters. The van der Waals surface area contributed by atoms with E-state index in [-0.39, 0.29) is 37.6 Å². The first-order valence-corrected chi connectivity index (χ1v) is 15.6. The number of aliphatic carboxylic acids is 1. The Morgan fingerprint density at radius 2 is 1.55 bits per heavy atom. The number of hydrogen-bond donors (Lipinski definition) is 3. The van der Waals surface area contributed by atoms with Crippen molar-refractivity contribution in [1.29, 1.82) is 0 Å². The number of amides is 2. The molecule has 0 aliphatic rings. The highest BCUT2D eigenvalue weighted by molar-refractivity contribution is 9.09. The Morgan fingerprint density at radius 1 is 0.970 bits per heavy atom. The lowest BCUT2D eigenvalue weighted by molar-refractivity contribution is -0.155. The van der Waals surface area contributed by atoms with Crippen molar-refractivity contribution < 1.29 is 38.6 Å².